The SMILES string of the molecule is CNC(=O)c1ccc(NC(=O)NC[C@@H]2CC=CCC2)cc1. The average Bonchev–Trinajstić information content (AvgIpc) is 2.54. The number of nitrogens with one attached hydrogen (secondary N) is 3. The molecule has 1 aliphatic carbocycles. The smallest absolute Gasteiger partial charge is 0.319 e. The van der Waals surface area contributed by atoms with Gasteiger partial charge in [-0.2, -0.15) is 0 Å². The van der Waals surface area contributed by atoms with Crippen molar-refractivity contribution < 1.29 is 9.59 Å². The fraction of sp³-hybridized carbons (Fsp3) is 0.375. The predicted octanol–water partition coefficient (Wildman–Crippen LogP) is 2.52. The molecule has 1 atom stereocenters. The Hall–Kier alpha value is -2.30. The number of carbonyl (C=O) groups is 2. The molecular weight excluding hydrogens is 266 g/mol. The number of urea groups is 1. The Labute approximate surface area is 124 Å². The highest BCUT2D eigenvalue weighted by Crippen LogP contribution is 2.17. The zero-order valence-corrected chi connectivity index (χ0v) is 12.2. The summed E-state index contributed by atoms with van der Waals surface area (Å²) in [5.74, 6) is 0.382. The molecule has 0 heterocycles. The number of amides is 3. The molecule has 1 aromatic carbocycles. The van der Waals surface area contributed by atoms with Gasteiger partial charge in [0.2, 0.25) is 0 Å². The molecule has 5 heteroatoms. The summed E-state index contributed by atoms with van der Waals surface area (Å²) in [6, 6.07) is 6.58. The third-order valence-electron chi connectivity index (χ3n) is 3.56. The van der Waals surface area contributed by atoms with Crippen molar-refractivity contribution in [2.24, 2.45) is 5.92 Å². The lowest BCUT2D eigenvalue weighted by Gasteiger charge is -2.18. The Morgan fingerprint density at radius 2 is 1.95 bits per heavy atom. The molecule has 0 saturated carbocycles. The number of allylic oxidation sites excluding steroid dienone is 2. The van der Waals surface area contributed by atoms with Gasteiger partial charge in [0.1, 0.15) is 0 Å². The van der Waals surface area contributed by atoms with Gasteiger partial charge in [-0.3, -0.25) is 4.79 Å². The number of benzene rings is 1. The number of anilines is 1. The largest absolute Gasteiger partial charge is 0.355 e. The molecule has 1 aromatic rings. The van der Waals surface area contributed by atoms with Crippen LogP contribution in [0.3, 0.4) is 0 Å². The van der Waals surface area contributed by atoms with Crippen molar-refractivity contribution >= 4 is 17.6 Å². The highest BCUT2D eigenvalue weighted by molar-refractivity contribution is 5.95. The van der Waals surface area contributed by atoms with E-state index in [0.29, 0.717) is 23.7 Å². The standard InChI is InChI=1S/C16H21N3O2/c1-17-15(20)13-7-9-14(10-8-13)19-16(21)18-11-12-5-3-2-4-6-12/h2-3,7-10,12H,4-6,11H2,1H3,(H,17,20)(H2,18,19,21)/t12-/m1/s1. The summed E-state index contributed by atoms with van der Waals surface area (Å²) >= 11 is 0. The maximum Gasteiger partial charge on any atom is 0.319 e. The summed E-state index contributed by atoms with van der Waals surface area (Å²) in [5, 5.41) is 8.21. The molecule has 0 radical (unpaired) electrons. The van der Waals surface area contributed by atoms with Gasteiger partial charge in [0, 0.05) is 24.8 Å². The first kappa shape index (κ1) is 15.1. The van der Waals surface area contributed by atoms with Crippen LogP contribution in [-0.2, 0) is 0 Å². The summed E-state index contributed by atoms with van der Waals surface area (Å²) in [4.78, 5) is 23.2. The molecule has 0 saturated heterocycles. The third-order valence-corrected chi connectivity index (χ3v) is 3.56. The van der Waals surface area contributed by atoms with Crippen LogP contribution in [-0.4, -0.2) is 25.5 Å². The van der Waals surface area contributed by atoms with Crippen LogP contribution in [0, 0.1) is 5.92 Å². The minimum absolute atomic E-state index is 0.142. The molecule has 5 nitrogen and oxygen atoms in total. The van der Waals surface area contributed by atoms with Gasteiger partial charge < -0.3 is 16.0 Å². The van der Waals surface area contributed by atoms with Crippen molar-refractivity contribution in [3.8, 4) is 0 Å². The molecule has 2 rings (SSSR count). The van der Waals surface area contributed by atoms with Gasteiger partial charge in [-0.15, -0.1) is 0 Å². The van der Waals surface area contributed by atoms with E-state index in [2.05, 4.69) is 28.1 Å². The van der Waals surface area contributed by atoms with Gasteiger partial charge in [0.25, 0.3) is 5.91 Å². The summed E-state index contributed by atoms with van der Waals surface area (Å²) in [5.41, 5.74) is 1.24. The molecule has 3 N–H and O–H groups in total. The normalized spacial score (nSPS) is 17.1. The number of carbonyl (C=O) groups excluding carboxylic acids is 2. The van der Waals surface area contributed by atoms with Crippen LogP contribution < -0.4 is 16.0 Å². The summed E-state index contributed by atoms with van der Waals surface area (Å²) in [6.07, 6.45) is 7.60. The van der Waals surface area contributed by atoms with Crippen LogP contribution in [0.25, 0.3) is 0 Å². The van der Waals surface area contributed by atoms with Crippen LogP contribution >= 0.6 is 0 Å². The first-order valence-corrected chi connectivity index (χ1v) is 7.21. The molecule has 3 amide bonds. The van der Waals surface area contributed by atoms with Crippen LogP contribution in [0.1, 0.15) is 29.6 Å². The van der Waals surface area contributed by atoms with Crippen LogP contribution in [0.4, 0.5) is 10.5 Å². The van der Waals surface area contributed by atoms with E-state index >= 15 is 0 Å². The Morgan fingerprint density at radius 3 is 2.57 bits per heavy atom. The number of hydrogen-bond donors (Lipinski definition) is 3. The second kappa shape index (κ2) is 7.47. The van der Waals surface area contributed by atoms with Gasteiger partial charge in [-0.05, 0) is 49.4 Å². The predicted molar refractivity (Wildman–Crippen MR) is 83.3 cm³/mol. The molecule has 112 valence electrons. The second-order valence-corrected chi connectivity index (χ2v) is 5.14. The third kappa shape index (κ3) is 4.63. The van der Waals surface area contributed by atoms with Crippen LogP contribution in [0.15, 0.2) is 36.4 Å². The molecule has 0 aromatic heterocycles. The second-order valence-electron chi connectivity index (χ2n) is 5.14. The number of rotatable bonds is 4. The van der Waals surface area contributed by atoms with Crippen molar-refractivity contribution in [2.75, 3.05) is 18.9 Å². The summed E-state index contributed by atoms with van der Waals surface area (Å²) in [7, 11) is 1.59. The maximum atomic E-state index is 11.8. The van der Waals surface area contributed by atoms with E-state index in [9.17, 15) is 9.59 Å². The van der Waals surface area contributed by atoms with E-state index in [0.717, 1.165) is 19.3 Å². The van der Waals surface area contributed by atoms with Crippen molar-refractivity contribution in [1.29, 1.82) is 0 Å². The summed E-state index contributed by atoms with van der Waals surface area (Å²) in [6.45, 7) is 0.687. The minimum Gasteiger partial charge on any atom is -0.355 e. The van der Waals surface area contributed by atoms with E-state index in [1.165, 1.54) is 0 Å². The van der Waals surface area contributed by atoms with Gasteiger partial charge in [0.05, 0.1) is 0 Å². The Bertz CT molecular complexity index is 523. The molecule has 21 heavy (non-hydrogen) atoms. The average molecular weight is 287 g/mol. The van der Waals surface area contributed by atoms with E-state index in [1.807, 2.05) is 0 Å². The van der Waals surface area contributed by atoms with Gasteiger partial charge in [-0.1, -0.05) is 12.2 Å². The molecule has 0 bridgehead atoms. The lowest BCUT2D eigenvalue weighted by Crippen LogP contribution is -2.33. The van der Waals surface area contributed by atoms with Crippen molar-refractivity contribution in [3.05, 3.63) is 42.0 Å². The van der Waals surface area contributed by atoms with Crippen LogP contribution in [0.2, 0.25) is 0 Å². The topological polar surface area (TPSA) is 70.2 Å². The van der Waals surface area contributed by atoms with E-state index in [1.54, 1.807) is 31.3 Å². The highest BCUT2D eigenvalue weighted by Gasteiger charge is 2.11. The molecular formula is C16H21N3O2. The van der Waals surface area contributed by atoms with Crippen molar-refractivity contribution in [3.63, 3.8) is 0 Å². The first-order chi connectivity index (χ1) is 10.2. The van der Waals surface area contributed by atoms with E-state index < -0.39 is 0 Å². The molecule has 0 aliphatic heterocycles. The van der Waals surface area contributed by atoms with Gasteiger partial charge in [0.15, 0.2) is 0 Å². The van der Waals surface area contributed by atoms with Gasteiger partial charge in [-0.25, -0.2) is 4.79 Å². The molecule has 0 fully saturated rings. The fourth-order valence-electron chi connectivity index (χ4n) is 2.30. The van der Waals surface area contributed by atoms with E-state index in [4.69, 9.17) is 0 Å². The quantitative estimate of drug-likeness (QED) is 0.745. The monoisotopic (exact) mass is 287 g/mol. The van der Waals surface area contributed by atoms with Gasteiger partial charge >= 0.3 is 6.03 Å². The molecule has 0 spiro atoms. The lowest BCUT2D eigenvalue weighted by molar-refractivity contribution is 0.0963. The molecule has 0 unspecified atom stereocenters. The summed E-state index contributed by atoms with van der Waals surface area (Å²) < 4.78 is 0. The Kier molecular flexibility index (Phi) is 5.37. The zero-order valence-electron chi connectivity index (χ0n) is 12.2. The Morgan fingerprint density at radius 1 is 1.19 bits per heavy atom. The van der Waals surface area contributed by atoms with Crippen molar-refractivity contribution in [2.45, 2.75) is 19.3 Å². The first-order valence-electron chi connectivity index (χ1n) is 7.21. The minimum atomic E-state index is -0.211. The highest BCUT2D eigenvalue weighted by atomic mass is 16.2. The van der Waals surface area contributed by atoms with Crippen molar-refractivity contribution in [1.82, 2.24) is 10.6 Å². The van der Waals surface area contributed by atoms with Crippen LogP contribution in [0.5, 0.6) is 0 Å². The fourth-order valence-corrected chi connectivity index (χ4v) is 2.30. The maximum absolute atomic E-state index is 11.8. The number of hydrogen-bond acceptors (Lipinski definition) is 2. The molecule has 1 aliphatic rings. The lowest BCUT2D eigenvalue weighted by atomic mass is 9.94. The Balaban J connectivity index is 1.79. The zero-order chi connectivity index (χ0) is 15.1. The van der Waals surface area contributed by atoms with E-state index in [-0.39, 0.29) is 11.9 Å².